The summed E-state index contributed by atoms with van der Waals surface area (Å²) in [6.07, 6.45) is 1.11. The molecule has 0 saturated heterocycles. The number of nitrogens with zero attached hydrogens (tertiary/aromatic N) is 2. The SMILES string of the molecule is CCOC(c1noc(C(N)CCS(C)(=O)=O)n1)C(C)(C)C. The molecule has 21 heavy (non-hydrogen) atoms. The predicted octanol–water partition coefficient (Wildman–Crippen LogP) is 1.63. The minimum Gasteiger partial charge on any atom is -0.370 e. The summed E-state index contributed by atoms with van der Waals surface area (Å²) in [4.78, 5) is 4.27. The molecule has 0 saturated carbocycles. The van der Waals surface area contributed by atoms with Gasteiger partial charge in [-0.1, -0.05) is 25.9 Å². The van der Waals surface area contributed by atoms with Crippen LogP contribution in [0.15, 0.2) is 4.52 Å². The lowest BCUT2D eigenvalue weighted by Gasteiger charge is -2.27. The van der Waals surface area contributed by atoms with E-state index in [1.165, 1.54) is 6.26 Å². The lowest BCUT2D eigenvalue weighted by molar-refractivity contribution is -0.0203. The molecule has 1 aromatic heterocycles. The maximum absolute atomic E-state index is 11.2. The molecular formula is C13H25N3O4S. The first kappa shape index (κ1) is 18.1. The Hall–Kier alpha value is -0.990. The fraction of sp³-hybridized carbons (Fsp3) is 0.846. The van der Waals surface area contributed by atoms with E-state index in [0.717, 1.165) is 0 Å². The zero-order valence-electron chi connectivity index (χ0n) is 13.3. The van der Waals surface area contributed by atoms with Gasteiger partial charge in [-0.05, 0) is 18.8 Å². The van der Waals surface area contributed by atoms with Crippen molar-refractivity contribution in [3.8, 4) is 0 Å². The Bertz CT molecular complexity index is 548. The number of hydrogen-bond donors (Lipinski definition) is 1. The van der Waals surface area contributed by atoms with Crippen LogP contribution in [0.3, 0.4) is 0 Å². The van der Waals surface area contributed by atoms with Gasteiger partial charge in [-0.2, -0.15) is 4.98 Å². The number of rotatable bonds is 7. The van der Waals surface area contributed by atoms with Gasteiger partial charge in [-0.25, -0.2) is 8.42 Å². The van der Waals surface area contributed by atoms with Crippen LogP contribution in [-0.4, -0.2) is 37.2 Å². The normalized spacial score (nSPS) is 15.9. The van der Waals surface area contributed by atoms with Gasteiger partial charge in [0.05, 0.1) is 11.8 Å². The first-order chi connectivity index (χ1) is 9.54. The van der Waals surface area contributed by atoms with E-state index in [1.54, 1.807) is 0 Å². The highest BCUT2D eigenvalue weighted by Gasteiger charge is 2.32. The van der Waals surface area contributed by atoms with E-state index in [-0.39, 0.29) is 29.6 Å². The molecule has 0 aliphatic carbocycles. The van der Waals surface area contributed by atoms with Gasteiger partial charge in [0.15, 0.2) is 0 Å². The maximum atomic E-state index is 11.2. The van der Waals surface area contributed by atoms with Gasteiger partial charge >= 0.3 is 0 Å². The van der Waals surface area contributed by atoms with Crippen LogP contribution < -0.4 is 5.73 Å². The standard InChI is InChI=1S/C13H25N3O4S/c1-6-19-10(13(2,3)4)11-15-12(20-16-11)9(14)7-8-21(5,17)18/h9-10H,6-8,14H2,1-5H3. The molecule has 0 bridgehead atoms. The summed E-state index contributed by atoms with van der Waals surface area (Å²) < 4.78 is 33.1. The summed E-state index contributed by atoms with van der Waals surface area (Å²) >= 11 is 0. The Balaban J connectivity index is 2.83. The molecular weight excluding hydrogens is 294 g/mol. The molecule has 7 nitrogen and oxygen atoms in total. The van der Waals surface area contributed by atoms with Crippen LogP contribution in [0.25, 0.3) is 0 Å². The zero-order valence-corrected chi connectivity index (χ0v) is 14.1. The zero-order chi connectivity index (χ0) is 16.3. The topological polar surface area (TPSA) is 108 Å². The van der Waals surface area contributed by atoms with Crippen molar-refractivity contribution in [2.75, 3.05) is 18.6 Å². The Kier molecular flexibility index (Phi) is 5.89. The maximum Gasteiger partial charge on any atom is 0.243 e. The van der Waals surface area contributed by atoms with Crippen molar-refractivity contribution in [3.05, 3.63) is 11.7 Å². The van der Waals surface area contributed by atoms with Gasteiger partial charge < -0.3 is 15.0 Å². The molecule has 0 radical (unpaired) electrons. The molecule has 0 fully saturated rings. The van der Waals surface area contributed by atoms with Crippen molar-refractivity contribution in [1.82, 2.24) is 10.1 Å². The number of ether oxygens (including phenoxy) is 1. The minimum atomic E-state index is -3.06. The first-order valence-electron chi connectivity index (χ1n) is 6.93. The average Bonchev–Trinajstić information content (AvgIpc) is 2.79. The predicted molar refractivity (Wildman–Crippen MR) is 79.4 cm³/mol. The summed E-state index contributed by atoms with van der Waals surface area (Å²) in [5, 5.41) is 3.93. The lowest BCUT2D eigenvalue weighted by atomic mass is 9.88. The Labute approximate surface area is 126 Å². The second-order valence-corrected chi connectivity index (χ2v) is 8.48. The van der Waals surface area contributed by atoms with Gasteiger partial charge in [-0.3, -0.25) is 0 Å². The van der Waals surface area contributed by atoms with Crippen molar-refractivity contribution >= 4 is 9.84 Å². The molecule has 2 unspecified atom stereocenters. The molecule has 1 heterocycles. The van der Waals surface area contributed by atoms with E-state index < -0.39 is 15.9 Å². The third-order valence-corrected chi connectivity index (χ3v) is 3.91. The van der Waals surface area contributed by atoms with Gasteiger partial charge in [0.1, 0.15) is 15.9 Å². The van der Waals surface area contributed by atoms with Crippen LogP contribution in [0.5, 0.6) is 0 Å². The highest BCUT2D eigenvalue weighted by atomic mass is 32.2. The van der Waals surface area contributed by atoms with Crippen LogP contribution in [-0.2, 0) is 14.6 Å². The molecule has 122 valence electrons. The van der Waals surface area contributed by atoms with Crippen LogP contribution in [0, 0.1) is 5.41 Å². The fourth-order valence-corrected chi connectivity index (χ4v) is 2.53. The molecule has 0 amide bonds. The van der Waals surface area contributed by atoms with E-state index in [1.807, 2.05) is 27.7 Å². The Morgan fingerprint density at radius 2 is 2.00 bits per heavy atom. The largest absolute Gasteiger partial charge is 0.370 e. The smallest absolute Gasteiger partial charge is 0.243 e. The van der Waals surface area contributed by atoms with Crippen molar-refractivity contribution in [2.24, 2.45) is 11.1 Å². The van der Waals surface area contributed by atoms with E-state index in [2.05, 4.69) is 10.1 Å². The summed E-state index contributed by atoms with van der Waals surface area (Å²) in [6, 6.07) is -0.594. The van der Waals surface area contributed by atoms with Crippen molar-refractivity contribution in [3.63, 3.8) is 0 Å². The van der Waals surface area contributed by atoms with Crippen LogP contribution in [0.4, 0.5) is 0 Å². The van der Waals surface area contributed by atoms with Gasteiger partial charge in [0, 0.05) is 12.9 Å². The van der Waals surface area contributed by atoms with E-state index in [4.69, 9.17) is 15.0 Å². The van der Waals surface area contributed by atoms with E-state index >= 15 is 0 Å². The molecule has 2 atom stereocenters. The van der Waals surface area contributed by atoms with Crippen LogP contribution in [0.2, 0.25) is 0 Å². The van der Waals surface area contributed by atoms with Gasteiger partial charge in [0.2, 0.25) is 11.7 Å². The van der Waals surface area contributed by atoms with Crippen LogP contribution in [0.1, 0.15) is 58.0 Å². The first-order valence-corrected chi connectivity index (χ1v) is 8.99. The van der Waals surface area contributed by atoms with Crippen molar-refractivity contribution in [2.45, 2.75) is 46.3 Å². The molecule has 1 rings (SSSR count). The molecule has 0 aliphatic rings. The second-order valence-electron chi connectivity index (χ2n) is 6.22. The highest BCUT2D eigenvalue weighted by Crippen LogP contribution is 2.34. The second kappa shape index (κ2) is 6.85. The number of aromatic nitrogens is 2. The van der Waals surface area contributed by atoms with Gasteiger partial charge in [0.25, 0.3) is 0 Å². The molecule has 8 heteroatoms. The molecule has 0 aromatic carbocycles. The molecule has 1 aromatic rings. The number of sulfone groups is 1. The Morgan fingerprint density at radius 3 is 2.48 bits per heavy atom. The molecule has 0 aliphatic heterocycles. The summed E-state index contributed by atoms with van der Waals surface area (Å²) in [6.45, 7) is 8.50. The Morgan fingerprint density at radius 1 is 1.38 bits per heavy atom. The monoisotopic (exact) mass is 319 g/mol. The van der Waals surface area contributed by atoms with Crippen LogP contribution >= 0.6 is 0 Å². The van der Waals surface area contributed by atoms with Crippen molar-refractivity contribution < 1.29 is 17.7 Å². The number of hydrogen-bond acceptors (Lipinski definition) is 7. The minimum absolute atomic E-state index is 0.0138. The molecule has 0 spiro atoms. The van der Waals surface area contributed by atoms with Crippen molar-refractivity contribution in [1.29, 1.82) is 0 Å². The third-order valence-electron chi connectivity index (χ3n) is 2.93. The van der Waals surface area contributed by atoms with E-state index in [9.17, 15) is 8.42 Å². The highest BCUT2D eigenvalue weighted by molar-refractivity contribution is 7.90. The lowest BCUT2D eigenvalue weighted by Crippen LogP contribution is -2.23. The number of nitrogens with two attached hydrogens (primary N) is 1. The third kappa shape index (κ3) is 5.72. The van der Waals surface area contributed by atoms with Gasteiger partial charge in [-0.15, -0.1) is 0 Å². The molecule has 2 N–H and O–H groups in total. The summed E-state index contributed by atoms with van der Waals surface area (Å²) in [5.74, 6) is 0.664. The quantitative estimate of drug-likeness (QED) is 0.813. The summed E-state index contributed by atoms with van der Waals surface area (Å²) in [5.41, 5.74) is 5.71. The summed E-state index contributed by atoms with van der Waals surface area (Å²) in [7, 11) is -3.06. The van der Waals surface area contributed by atoms with E-state index in [0.29, 0.717) is 12.4 Å². The average molecular weight is 319 g/mol. The fourth-order valence-electron chi connectivity index (χ4n) is 1.85.